The Balaban J connectivity index is 1.96. The van der Waals surface area contributed by atoms with Crippen molar-refractivity contribution >= 4 is 23.5 Å². The van der Waals surface area contributed by atoms with Gasteiger partial charge < -0.3 is 20.1 Å². The van der Waals surface area contributed by atoms with E-state index >= 15 is 0 Å². The molecule has 2 rings (SSSR count). The summed E-state index contributed by atoms with van der Waals surface area (Å²) >= 11 is 0. The number of hydrogen-bond donors (Lipinski definition) is 2. The summed E-state index contributed by atoms with van der Waals surface area (Å²) < 4.78 is 9.67. The first-order valence-corrected chi connectivity index (χ1v) is 7.56. The zero-order valence-corrected chi connectivity index (χ0v) is 13.7. The molecule has 0 saturated carbocycles. The molecule has 0 aromatic heterocycles. The van der Waals surface area contributed by atoms with Gasteiger partial charge in [0, 0.05) is 18.8 Å². The Bertz CT molecular complexity index is 602. The third-order valence-corrected chi connectivity index (χ3v) is 3.75. The standard InChI is InChI=1S/C16H21N3O5/c1-23-12-5-3-11(4-6-12)18-14(20)10-19-8-7-17-16(22)13(19)9-15(21)24-2/h3-6,13H,7-10H2,1-2H3,(H,17,22)(H,18,20)/t13-/m0/s1. The lowest BCUT2D eigenvalue weighted by atomic mass is 10.1. The lowest BCUT2D eigenvalue weighted by Gasteiger charge is -2.33. The van der Waals surface area contributed by atoms with E-state index in [9.17, 15) is 14.4 Å². The van der Waals surface area contributed by atoms with E-state index in [4.69, 9.17) is 4.74 Å². The fraction of sp³-hybridized carbons (Fsp3) is 0.438. The molecular formula is C16H21N3O5. The van der Waals surface area contributed by atoms with Gasteiger partial charge in [0.05, 0.1) is 27.2 Å². The predicted octanol–water partition coefficient (Wildman–Crippen LogP) is -0.00280. The van der Waals surface area contributed by atoms with Crippen LogP contribution in [0, 0.1) is 0 Å². The van der Waals surface area contributed by atoms with Crippen molar-refractivity contribution in [1.82, 2.24) is 10.2 Å². The molecule has 24 heavy (non-hydrogen) atoms. The highest BCUT2D eigenvalue weighted by Crippen LogP contribution is 2.15. The average Bonchev–Trinajstić information content (AvgIpc) is 2.58. The van der Waals surface area contributed by atoms with Gasteiger partial charge in [-0.3, -0.25) is 19.3 Å². The van der Waals surface area contributed by atoms with Gasteiger partial charge in [0.2, 0.25) is 11.8 Å². The molecule has 8 heteroatoms. The molecule has 1 heterocycles. The zero-order chi connectivity index (χ0) is 17.5. The molecule has 0 aliphatic carbocycles. The van der Waals surface area contributed by atoms with Crippen LogP contribution < -0.4 is 15.4 Å². The predicted molar refractivity (Wildman–Crippen MR) is 86.6 cm³/mol. The van der Waals surface area contributed by atoms with Gasteiger partial charge in [-0.25, -0.2) is 0 Å². The van der Waals surface area contributed by atoms with E-state index in [-0.39, 0.29) is 24.8 Å². The number of amides is 2. The molecule has 1 aromatic carbocycles. The van der Waals surface area contributed by atoms with E-state index < -0.39 is 12.0 Å². The topological polar surface area (TPSA) is 97.0 Å². The zero-order valence-electron chi connectivity index (χ0n) is 13.7. The van der Waals surface area contributed by atoms with Crippen molar-refractivity contribution in [2.45, 2.75) is 12.5 Å². The maximum atomic E-state index is 12.2. The van der Waals surface area contributed by atoms with Crippen LogP contribution in [0.1, 0.15) is 6.42 Å². The summed E-state index contributed by atoms with van der Waals surface area (Å²) in [4.78, 5) is 37.3. The van der Waals surface area contributed by atoms with Crippen molar-refractivity contribution in [3.63, 3.8) is 0 Å². The van der Waals surface area contributed by atoms with Gasteiger partial charge >= 0.3 is 5.97 Å². The van der Waals surface area contributed by atoms with Gasteiger partial charge in [-0.1, -0.05) is 0 Å². The highest BCUT2D eigenvalue weighted by Gasteiger charge is 2.32. The molecule has 2 N–H and O–H groups in total. The van der Waals surface area contributed by atoms with Crippen molar-refractivity contribution in [2.24, 2.45) is 0 Å². The Morgan fingerprint density at radius 1 is 1.29 bits per heavy atom. The summed E-state index contributed by atoms with van der Waals surface area (Å²) in [6.07, 6.45) is -0.0852. The Labute approximate surface area is 140 Å². The van der Waals surface area contributed by atoms with Crippen LogP contribution in [-0.2, 0) is 19.1 Å². The quantitative estimate of drug-likeness (QED) is 0.710. The van der Waals surface area contributed by atoms with Crippen LogP contribution in [0.3, 0.4) is 0 Å². The van der Waals surface area contributed by atoms with Crippen LogP contribution in [0.4, 0.5) is 5.69 Å². The summed E-state index contributed by atoms with van der Waals surface area (Å²) in [5, 5.41) is 5.45. The number of anilines is 1. The molecule has 0 bridgehead atoms. The molecule has 1 aliphatic heterocycles. The Hall–Kier alpha value is -2.61. The van der Waals surface area contributed by atoms with Crippen molar-refractivity contribution in [2.75, 3.05) is 39.2 Å². The van der Waals surface area contributed by atoms with E-state index in [1.54, 1.807) is 36.3 Å². The molecule has 0 spiro atoms. The van der Waals surface area contributed by atoms with Crippen LogP contribution in [0.15, 0.2) is 24.3 Å². The second kappa shape index (κ2) is 8.30. The Kier molecular flexibility index (Phi) is 6.14. The van der Waals surface area contributed by atoms with E-state index in [2.05, 4.69) is 15.4 Å². The summed E-state index contributed by atoms with van der Waals surface area (Å²) in [6.45, 7) is 0.941. The SMILES string of the molecule is COC(=O)C[C@H]1C(=O)NCCN1CC(=O)Nc1ccc(OC)cc1. The number of methoxy groups -OCH3 is 2. The lowest BCUT2D eigenvalue weighted by molar-refractivity contribution is -0.146. The van der Waals surface area contributed by atoms with Crippen molar-refractivity contribution in [3.05, 3.63) is 24.3 Å². The van der Waals surface area contributed by atoms with Crippen LogP contribution in [0.25, 0.3) is 0 Å². The van der Waals surface area contributed by atoms with Crippen molar-refractivity contribution in [3.8, 4) is 5.75 Å². The summed E-state index contributed by atoms with van der Waals surface area (Å²) in [7, 11) is 2.83. The monoisotopic (exact) mass is 335 g/mol. The lowest BCUT2D eigenvalue weighted by Crippen LogP contribution is -2.57. The minimum Gasteiger partial charge on any atom is -0.497 e. The number of carbonyl (C=O) groups is 3. The van der Waals surface area contributed by atoms with Gasteiger partial charge in [-0.2, -0.15) is 0 Å². The summed E-state index contributed by atoms with van der Waals surface area (Å²) in [5.41, 5.74) is 0.631. The molecule has 0 radical (unpaired) electrons. The fourth-order valence-electron chi connectivity index (χ4n) is 2.47. The summed E-state index contributed by atoms with van der Waals surface area (Å²) in [6, 6.07) is 6.23. The molecule has 1 fully saturated rings. The number of hydrogen-bond acceptors (Lipinski definition) is 6. The first kappa shape index (κ1) is 17.7. The molecule has 1 saturated heterocycles. The molecule has 130 valence electrons. The maximum absolute atomic E-state index is 12.2. The number of esters is 1. The maximum Gasteiger partial charge on any atom is 0.307 e. The van der Waals surface area contributed by atoms with E-state index in [1.807, 2.05) is 0 Å². The third-order valence-electron chi connectivity index (χ3n) is 3.75. The van der Waals surface area contributed by atoms with Crippen LogP contribution in [0.2, 0.25) is 0 Å². The van der Waals surface area contributed by atoms with Gasteiger partial charge in [0.25, 0.3) is 0 Å². The minimum absolute atomic E-state index is 0.0150. The van der Waals surface area contributed by atoms with E-state index in [1.165, 1.54) is 7.11 Å². The highest BCUT2D eigenvalue weighted by molar-refractivity contribution is 5.93. The first-order valence-electron chi connectivity index (χ1n) is 7.56. The smallest absolute Gasteiger partial charge is 0.307 e. The van der Waals surface area contributed by atoms with E-state index in [0.29, 0.717) is 24.5 Å². The van der Waals surface area contributed by atoms with Gasteiger partial charge in [-0.15, -0.1) is 0 Å². The van der Waals surface area contributed by atoms with E-state index in [0.717, 1.165) is 0 Å². The Morgan fingerprint density at radius 3 is 2.62 bits per heavy atom. The number of benzene rings is 1. The fourth-order valence-corrected chi connectivity index (χ4v) is 2.47. The van der Waals surface area contributed by atoms with Crippen LogP contribution in [0.5, 0.6) is 5.75 Å². The van der Waals surface area contributed by atoms with Gasteiger partial charge in [-0.05, 0) is 24.3 Å². The number of nitrogens with one attached hydrogen (secondary N) is 2. The number of ether oxygens (including phenoxy) is 2. The van der Waals surface area contributed by atoms with Crippen LogP contribution >= 0.6 is 0 Å². The molecule has 1 aromatic rings. The number of carbonyl (C=O) groups excluding carboxylic acids is 3. The molecule has 1 atom stereocenters. The largest absolute Gasteiger partial charge is 0.497 e. The first-order chi connectivity index (χ1) is 11.5. The molecule has 2 amide bonds. The highest BCUT2D eigenvalue weighted by atomic mass is 16.5. The third kappa shape index (κ3) is 4.69. The van der Waals surface area contributed by atoms with Gasteiger partial charge in [0.1, 0.15) is 11.8 Å². The molecular weight excluding hydrogens is 314 g/mol. The number of rotatable bonds is 6. The second-order valence-electron chi connectivity index (χ2n) is 5.33. The number of piperazine rings is 1. The molecule has 0 unspecified atom stereocenters. The number of nitrogens with zero attached hydrogens (tertiary/aromatic N) is 1. The molecule has 1 aliphatic rings. The second-order valence-corrected chi connectivity index (χ2v) is 5.33. The normalized spacial score (nSPS) is 17.8. The van der Waals surface area contributed by atoms with Crippen molar-refractivity contribution in [1.29, 1.82) is 0 Å². The molecule has 8 nitrogen and oxygen atoms in total. The Morgan fingerprint density at radius 2 is 2.00 bits per heavy atom. The average molecular weight is 335 g/mol. The van der Waals surface area contributed by atoms with Crippen LogP contribution in [-0.4, -0.2) is 62.6 Å². The van der Waals surface area contributed by atoms with Gasteiger partial charge in [0.15, 0.2) is 0 Å². The minimum atomic E-state index is -0.701. The summed E-state index contributed by atoms with van der Waals surface area (Å²) in [5.74, 6) is -0.329. The van der Waals surface area contributed by atoms with Crippen molar-refractivity contribution < 1.29 is 23.9 Å².